The molecule has 0 spiro atoms. The molecule has 0 amide bonds. The highest BCUT2D eigenvalue weighted by molar-refractivity contribution is 5.86. The Morgan fingerprint density at radius 3 is 2.94 bits per heavy atom. The first-order chi connectivity index (χ1) is 7.63. The molecule has 86 valence electrons. The van der Waals surface area contributed by atoms with Gasteiger partial charge < -0.3 is 5.11 Å². The van der Waals surface area contributed by atoms with Crippen molar-refractivity contribution in [2.45, 2.75) is 32.6 Å². The molecular formula is C14H18O2. The van der Waals surface area contributed by atoms with Crippen molar-refractivity contribution in [2.24, 2.45) is 11.8 Å². The fourth-order valence-electron chi connectivity index (χ4n) is 2.20. The Hall–Kier alpha value is -1.31. The fourth-order valence-corrected chi connectivity index (χ4v) is 2.20. The first-order valence-corrected chi connectivity index (χ1v) is 5.96. The highest BCUT2D eigenvalue weighted by Gasteiger charge is 2.44. The molecule has 3 atom stereocenters. The van der Waals surface area contributed by atoms with E-state index in [1.807, 2.05) is 26.0 Å². The first kappa shape index (κ1) is 11.2. The third kappa shape index (κ3) is 2.11. The van der Waals surface area contributed by atoms with E-state index in [-0.39, 0.29) is 11.8 Å². The van der Waals surface area contributed by atoms with E-state index in [4.69, 9.17) is 0 Å². The zero-order valence-electron chi connectivity index (χ0n) is 9.81. The van der Waals surface area contributed by atoms with Crippen LogP contribution in [0.1, 0.15) is 38.2 Å². The number of Topliss-reactive ketones (excluding diaryl/α,β-unsaturated/α-hetero) is 1. The van der Waals surface area contributed by atoms with Gasteiger partial charge >= 0.3 is 0 Å². The summed E-state index contributed by atoms with van der Waals surface area (Å²) < 4.78 is 0. The predicted molar refractivity (Wildman–Crippen MR) is 63.4 cm³/mol. The van der Waals surface area contributed by atoms with Gasteiger partial charge in [-0.1, -0.05) is 26.0 Å². The van der Waals surface area contributed by atoms with Gasteiger partial charge in [0.15, 0.2) is 0 Å². The molecule has 0 heterocycles. The van der Waals surface area contributed by atoms with Crippen LogP contribution in [-0.2, 0) is 4.79 Å². The van der Waals surface area contributed by atoms with Crippen molar-refractivity contribution in [3.05, 3.63) is 29.8 Å². The summed E-state index contributed by atoms with van der Waals surface area (Å²) >= 11 is 0. The number of benzene rings is 1. The Labute approximate surface area is 96.3 Å². The molecular weight excluding hydrogens is 200 g/mol. The van der Waals surface area contributed by atoms with E-state index in [0.29, 0.717) is 17.5 Å². The van der Waals surface area contributed by atoms with Crippen LogP contribution in [0.5, 0.6) is 5.75 Å². The molecule has 1 N–H and O–H groups in total. The van der Waals surface area contributed by atoms with E-state index in [0.717, 1.165) is 18.4 Å². The van der Waals surface area contributed by atoms with Crippen LogP contribution in [0, 0.1) is 11.8 Å². The number of phenols is 1. The van der Waals surface area contributed by atoms with Gasteiger partial charge in [0.1, 0.15) is 11.5 Å². The summed E-state index contributed by atoms with van der Waals surface area (Å²) in [6.45, 7) is 4.05. The largest absolute Gasteiger partial charge is 0.508 e. The minimum atomic E-state index is 0.173. The predicted octanol–water partition coefficient (Wildman–Crippen LogP) is 3.11. The van der Waals surface area contributed by atoms with E-state index < -0.39 is 0 Å². The lowest BCUT2D eigenvalue weighted by atomic mass is 9.97. The van der Waals surface area contributed by atoms with E-state index >= 15 is 0 Å². The lowest BCUT2D eigenvalue weighted by Gasteiger charge is -2.06. The Morgan fingerprint density at radius 1 is 1.56 bits per heavy atom. The van der Waals surface area contributed by atoms with Gasteiger partial charge in [0.05, 0.1) is 0 Å². The molecule has 1 fully saturated rings. The lowest BCUT2D eigenvalue weighted by molar-refractivity contribution is -0.123. The normalized spacial score (nSPS) is 25.1. The maximum absolute atomic E-state index is 11.9. The van der Waals surface area contributed by atoms with Gasteiger partial charge in [-0.3, -0.25) is 4.79 Å². The molecule has 0 aromatic heterocycles. The minimum absolute atomic E-state index is 0.173. The summed E-state index contributed by atoms with van der Waals surface area (Å²) in [6.07, 6.45) is 1.87. The second-order valence-corrected chi connectivity index (χ2v) is 4.76. The first-order valence-electron chi connectivity index (χ1n) is 5.96. The third-order valence-electron chi connectivity index (χ3n) is 3.55. The van der Waals surface area contributed by atoms with E-state index in [2.05, 4.69) is 0 Å². The Balaban J connectivity index is 2.04. The van der Waals surface area contributed by atoms with Crippen LogP contribution >= 0.6 is 0 Å². The summed E-state index contributed by atoms with van der Waals surface area (Å²) in [5.74, 6) is 1.38. The second-order valence-electron chi connectivity index (χ2n) is 4.76. The van der Waals surface area contributed by atoms with Crippen LogP contribution in [0.2, 0.25) is 0 Å². The maximum atomic E-state index is 11.9. The number of rotatable bonds is 4. The third-order valence-corrected chi connectivity index (χ3v) is 3.55. The number of ketones is 1. The Morgan fingerprint density at radius 2 is 2.31 bits per heavy atom. The zero-order valence-corrected chi connectivity index (χ0v) is 9.81. The number of hydrogen-bond donors (Lipinski definition) is 1. The molecule has 2 nitrogen and oxygen atoms in total. The Kier molecular flexibility index (Phi) is 2.99. The van der Waals surface area contributed by atoms with Gasteiger partial charge in [-0.2, -0.15) is 0 Å². The van der Waals surface area contributed by atoms with Crippen molar-refractivity contribution in [2.75, 3.05) is 0 Å². The number of carbonyl (C=O) groups excluding carboxylic acids is 1. The Bertz CT molecular complexity index is 397. The number of hydrogen-bond acceptors (Lipinski definition) is 2. The number of phenolic OH excluding ortho intramolecular Hbond substituents is 1. The highest BCUT2D eigenvalue weighted by Crippen LogP contribution is 2.49. The molecule has 1 aliphatic carbocycles. The molecule has 0 aliphatic heterocycles. The topological polar surface area (TPSA) is 37.3 Å². The second kappa shape index (κ2) is 4.28. The van der Waals surface area contributed by atoms with Crippen molar-refractivity contribution in [1.82, 2.24) is 0 Å². The summed E-state index contributed by atoms with van der Waals surface area (Å²) in [5.41, 5.74) is 1.10. The summed E-state index contributed by atoms with van der Waals surface area (Å²) in [7, 11) is 0. The maximum Gasteiger partial charge on any atom is 0.139 e. The smallest absolute Gasteiger partial charge is 0.139 e. The van der Waals surface area contributed by atoms with Crippen LogP contribution in [0.3, 0.4) is 0 Å². The average Bonchev–Trinajstić information content (AvgIpc) is 3.07. The van der Waals surface area contributed by atoms with Crippen molar-refractivity contribution in [3.8, 4) is 5.75 Å². The molecule has 1 aliphatic rings. The van der Waals surface area contributed by atoms with Crippen molar-refractivity contribution in [1.29, 1.82) is 0 Å². The van der Waals surface area contributed by atoms with Crippen LogP contribution in [0.4, 0.5) is 0 Å². The van der Waals surface area contributed by atoms with E-state index in [1.54, 1.807) is 12.1 Å². The number of carbonyl (C=O) groups is 1. The quantitative estimate of drug-likeness (QED) is 0.843. The van der Waals surface area contributed by atoms with Crippen LogP contribution < -0.4 is 0 Å². The van der Waals surface area contributed by atoms with Gasteiger partial charge in [0, 0.05) is 11.8 Å². The molecule has 0 bridgehead atoms. The molecule has 3 unspecified atom stereocenters. The van der Waals surface area contributed by atoms with Gasteiger partial charge in [-0.25, -0.2) is 0 Å². The van der Waals surface area contributed by atoms with Gasteiger partial charge in [-0.15, -0.1) is 0 Å². The number of aromatic hydroxyl groups is 1. The molecule has 2 rings (SSSR count). The average molecular weight is 218 g/mol. The molecule has 16 heavy (non-hydrogen) atoms. The lowest BCUT2D eigenvalue weighted by Crippen LogP contribution is -2.12. The molecule has 1 aromatic carbocycles. The van der Waals surface area contributed by atoms with E-state index in [1.165, 1.54) is 0 Å². The van der Waals surface area contributed by atoms with Crippen LogP contribution in [0.25, 0.3) is 0 Å². The molecule has 1 aromatic rings. The van der Waals surface area contributed by atoms with Gasteiger partial charge in [0.2, 0.25) is 0 Å². The summed E-state index contributed by atoms with van der Waals surface area (Å²) in [4.78, 5) is 11.9. The van der Waals surface area contributed by atoms with Gasteiger partial charge in [-0.05, 0) is 36.5 Å². The minimum Gasteiger partial charge on any atom is -0.508 e. The molecule has 0 saturated heterocycles. The monoisotopic (exact) mass is 218 g/mol. The SMILES string of the molecule is CCC(C)C(=O)C1CC1c1cccc(O)c1. The van der Waals surface area contributed by atoms with Crippen molar-refractivity contribution < 1.29 is 9.90 Å². The molecule has 1 saturated carbocycles. The molecule has 0 radical (unpaired) electrons. The summed E-state index contributed by atoms with van der Waals surface area (Å²) in [6, 6.07) is 7.27. The standard InChI is InChI=1S/C14H18O2/c1-3-9(2)14(16)13-8-12(13)10-5-4-6-11(15)7-10/h4-7,9,12-13,15H,3,8H2,1-2H3. The van der Waals surface area contributed by atoms with E-state index in [9.17, 15) is 9.90 Å². The molecule has 2 heteroatoms. The van der Waals surface area contributed by atoms with Crippen LogP contribution in [0.15, 0.2) is 24.3 Å². The van der Waals surface area contributed by atoms with Crippen LogP contribution in [-0.4, -0.2) is 10.9 Å². The van der Waals surface area contributed by atoms with Crippen molar-refractivity contribution >= 4 is 5.78 Å². The fraction of sp³-hybridized carbons (Fsp3) is 0.500. The summed E-state index contributed by atoms with van der Waals surface area (Å²) in [5, 5.41) is 9.39. The highest BCUT2D eigenvalue weighted by atomic mass is 16.3. The zero-order chi connectivity index (χ0) is 11.7. The van der Waals surface area contributed by atoms with Crippen molar-refractivity contribution in [3.63, 3.8) is 0 Å². The van der Waals surface area contributed by atoms with Gasteiger partial charge in [0.25, 0.3) is 0 Å².